The molecule has 1 heterocycles. The normalized spacial score (nSPS) is 14.9. The lowest BCUT2D eigenvalue weighted by Gasteiger charge is -2.02. The van der Waals surface area contributed by atoms with Crippen LogP contribution in [-0.2, 0) is 5.75 Å². The molecule has 3 rings (SSSR count). The molecule has 1 aliphatic carbocycles. The molecule has 2 aromatic rings. The minimum Gasteiger partial charge on any atom is -0.399 e. The summed E-state index contributed by atoms with van der Waals surface area (Å²) in [5.74, 6) is 2.64. The van der Waals surface area contributed by atoms with Crippen LogP contribution in [0.1, 0.15) is 30.5 Å². The molecule has 1 saturated carbocycles. The van der Waals surface area contributed by atoms with Gasteiger partial charge in [-0.05, 0) is 31.0 Å². The summed E-state index contributed by atoms with van der Waals surface area (Å²) in [4.78, 5) is 5.34. The van der Waals surface area contributed by atoms with Crippen molar-refractivity contribution in [1.82, 2.24) is 10.1 Å². The van der Waals surface area contributed by atoms with Gasteiger partial charge in [-0.3, -0.25) is 0 Å². The molecule has 0 saturated heterocycles. The van der Waals surface area contributed by atoms with Crippen LogP contribution >= 0.6 is 23.4 Å². The van der Waals surface area contributed by atoms with E-state index in [0.29, 0.717) is 28.3 Å². The third-order valence-corrected chi connectivity index (χ3v) is 4.22. The molecule has 94 valence electrons. The zero-order valence-corrected chi connectivity index (χ0v) is 11.2. The lowest BCUT2D eigenvalue weighted by Crippen LogP contribution is -1.86. The van der Waals surface area contributed by atoms with Gasteiger partial charge in [0.1, 0.15) is 0 Å². The largest absolute Gasteiger partial charge is 0.399 e. The summed E-state index contributed by atoms with van der Waals surface area (Å²) >= 11 is 7.66. The molecular formula is C12H12ClN3OS. The fourth-order valence-corrected chi connectivity index (χ4v) is 2.72. The second-order valence-electron chi connectivity index (χ2n) is 4.30. The molecular weight excluding hydrogens is 270 g/mol. The monoisotopic (exact) mass is 281 g/mol. The molecule has 18 heavy (non-hydrogen) atoms. The number of thioether (sulfide) groups is 1. The maximum Gasteiger partial charge on any atom is 0.237 e. The van der Waals surface area contributed by atoms with Crippen molar-refractivity contribution < 1.29 is 4.52 Å². The van der Waals surface area contributed by atoms with E-state index in [0.717, 1.165) is 10.7 Å². The van der Waals surface area contributed by atoms with Crippen molar-refractivity contribution >= 4 is 29.1 Å². The molecule has 0 radical (unpaired) electrons. The zero-order valence-electron chi connectivity index (χ0n) is 9.60. The van der Waals surface area contributed by atoms with Crippen LogP contribution in [0.15, 0.2) is 27.6 Å². The summed E-state index contributed by atoms with van der Waals surface area (Å²) in [7, 11) is 0. The van der Waals surface area contributed by atoms with Gasteiger partial charge in [-0.25, -0.2) is 0 Å². The van der Waals surface area contributed by atoms with Crippen LogP contribution in [0.4, 0.5) is 5.69 Å². The van der Waals surface area contributed by atoms with Crippen molar-refractivity contribution in [3.63, 3.8) is 0 Å². The van der Waals surface area contributed by atoms with Gasteiger partial charge in [0.2, 0.25) is 5.89 Å². The van der Waals surface area contributed by atoms with Gasteiger partial charge in [0, 0.05) is 16.5 Å². The standard InChI is InChI=1S/C12H12ClN3OS/c13-9-5-8(14)3-4-10(9)18-6-11-15-12(16-17-11)7-1-2-7/h3-5,7H,1-2,6,14H2. The van der Waals surface area contributed by atoms with E-state index in [1.165, 1.54) is 12.8 Å². The van der Waals surface area contributed by atoms with Crippen molar-refractivity contribution in [2.45, 2.75) is 29.4 Å². The van der Waals surface area contributed by atoms with Crippen LogP contribution in [0.2, 0.25) is 5.02 Å². The van der Waals surface area contributed by atoms with Crippen LogP contribution in [0, 0.1) is 0 Å². The predicted molar refractivity (Wildman–Crippen MR) is 71.7 cm³/mol. The smallest absolute Gasteiger partial charge is 0.237 e. The van der Waals surface area contributed by atoms with Crippen LogP contribution in [0.25, 0.3) is 0 Å². The molecule has 2 N–H and O–H groups in total. The molecule has 0 unspecified atom stereocenters. The molecule has 4 nitrogen and oxygen atoms in total. The summed E-state index contributed by atoms with van der Waals surface area (Å²) in [5.41, 5.74) is 6.31. The van der Waals surface area contributed by atoms with E-state index in [9.17, 15) is 0 Å². The van der Waals surface area contributed by atoms with E-state index < -0.39 is 0 Å². The van der Waals surface area contributed by atoms with Gasteiger partial charge in [0.05, 0.1) is 10.8 Å². The fraction of sp³-hybridized carbons (Fsp3) is 0.333. The fourth-order valence-electron chi connectivity index (χ4n) is 1.61. The van der Waals surface area contributed by atoms with Crippen molar-refractivity contribution in [1.29, 1.82) is 0 Å². The molecule has 0 bridgehead atoms. The third kappa shape index (κ3) is 2.62. The number of nitrogens with zero attached hydrogens (tertiary/aromatic N) is 2. The van der Waals surface area contributed by atoms with E-state index in [-0.39, 0.29) is 0 Å². The van der Waals surface area contributed by atoms with E-state index >= 15 is 0 Å². The van der Waals surface area contributed by atoms with E-state index in [1.54, 1.807) is 17.8 Å². The highest BCUT2D eigenvalue weighted by molar-refractivity contribution is 7.98. The van der Waals surface area contributed by atoms with Crippen molar-refractivity contribution in [2.75, 3.05) is 5.73 Å². The average molecular weight is 282 g/mol. The second-order valence-corrected chi connectivity index (χ2v) is 5.72. The third-order valence-electron chi connectivity index (χ3n) is 2.73. The van der Waals surface area contributed by atoms with Gasteiger partial charge in [0.25, 0.3) is 0 Å². The molecule has 0 aliphatic heterocycles. The summed E-state index contributed by atoms with van der Waals surface area (Å²) in [6.07, 6.45) is 2.35. The van der Waals surface area contributed by atoms with Crippen LogP contribution in [0.3, 0.4) is 0 Å². The average Bonchev–Trinajstić information content (AvgIpc) is 3.08. The number of anilines is 1. The Bertz CT molecular complexity index is 568. The minimum absolute atomic E-state index is 0.521. The Balaban J connectivity index is 1.65. The van der Waals surface area contributed by atoms with Crippen LogP contribution in [0.5, 0.6) is 0 Å². The van der Waals surface area contributed by atoms with Crippen molar-refractivity contribution in [3.05, 3.63) is 34.9 Å². The number of aromatic nitrogens is 2. The lowest BCUT2D eigenvalue weighted by molar-refractivity contribution is 0.385. The second kappa shape index (κ2) is 4.82. The Morgan fingerprint density at radius 3 is 3.00 bits per heavy atom. The van der Waals surface area contributed by atoms with Crippen LogP contribution < -0.4 is 5.73 Å². The van der Waals surface area contributed by atoms with Gasteiger partial charge in [0.15, 0.2) is 5.82 Å². The molecule has 0 atom stereocenters. The molecule has 0 spiro atoms. The van der Waals surface area contributed by atoms with Gasteiger partial charge in [-0.15, -0.1) is 11.8 Å². The topological polar surface area (TPSA) is 64.9 Å². The number of nitrogens with two attached hydrogens (primary N) is 1. The van der Waals surface area contributed by atoms with Crippen molar-refractivity contribution in [3.8, 4) is 0 Å². The first-order valence-corrected chi connectivity index (χ1v) is 7.09. The van der Waals surface area contributed by atoms with Gasteiger partial charge >= 0.3 is 0 Å². The summed E-state index contributed by atoms with van der Waals surface area (Å²) in [6.45, 7) is 0. The first-order valence-electron chi connectivity index (χ1n) is 5.72. The van der Waals surface area contributed by atoms with Gasteiger partial charge in [-0.2, -0.15) is 4.98 Å². The maximum atomic E-state index is 6.09. The summed E-state index contributed by atoms with van der Waals surface area (Å²) in [6, 6.07) is 5.48. The number of hydrogen-bond acceptors (Lipinski definition) is 5. The molecule has 1 aliphatic rings. The molecule has 1 fully saturated rings. The Labute approximate surface area is 114 Å². The van der Waals surface area contributed by atoms with Crippen LogP contribution in [-0.4, -0.2) is 10.1 Å². The highest BCUT2D eigenvalue weighted by Crippen LogP contribution is 2.38. The summed E-state index contributed by atoms with van der Waals surface area (Å²) in [5, 5.41) is 4.63. The first kappa shape index (κ1) is 11.9. The SMILES string of the molecule is Nc1ccc(SCc2nc(C3CC3)no2)c(Cl)c1. The van der Waals surface area contributed by atoms with E-state index in [2.05, 4.69) is 10.1 Å². The number of nitrogen functional groups attached to an aromatic ring is 1. The maximum absolute atomic E-state index is 6.09. The van der Waals surface area contributed by atoms with Crippen molar-refractivity contribution in [2.24, 2.45) is 0 Å². The Morgan fingerprint density at radius 1 is 1.44 bits per heavy atom. The highest BCUT2D eigenvalue weighted by atomic mass is 35.5. The molecule has 1 aromatic carbocycles. The van der Waals surface area contributed by atoms with E-state index in [4.69, 9.17) is 21.9 Å². The molecule has 0 amide bonds. The Hall–Kier alpha value is -1.20. The molecule has 6 heteroatoms. The Morgan fingerprint density at radius 2 is 2.28 bits per heavy atom. The molecule has 1 aromatic heterocycles. The lowest BCUT2D eigenvalue weighted by atomic mass is 10.3. The Kier molecular flexibility index (Phi) is 3.18. The number of benzene rings is 1. The minimum atomic E-state index is 0.521. The predicted octanol–water partition coefficient (Wildman–Crippen LogP) is 3.47. The number of hydrogen-bond donors (Lipinski definition) is 1. The quantitative estimate of drug-likeness (QED) is 0.686. The summed E-state index contributed by atoms with van der Waals surface area (Å²) < 4.78 is 5.20. The van der Waals surface area contributed by atoms with Gasteiger partial charge in [-0.1, -0.05) is 16.8 Å². The zero-order chi connectivity index (χ0) is 12.5. The van der Waals surface area contributed by atoms with Gasteiger partial charge < -0.3 is 10.3 Å². The first-order chi connectivity index (χ1) is 8.72. The number of halogens is 1. The van der Waals surface area contributed by atoms with E-state index in [1.807, 2.05) is 12.1 Å². The highest BCUT2D eigenvalue weighted by Gasteiger charge is 2.28. The number of rotatable bonds is 4.